The molecule has 18 heavy (non-hydrogen) atoms. The van der Waals surface area contributed by atoms with Crippen LogP contribution in [-0.4, -0.2) is 12.2 Å². The summed E-state index contributed by atoms with van der Waals surface area (Å²) in [6, 6.07) is 8.12. The summed E-state index contributed by atoms with van der Waals surface area (Å²) in [5, 5.41) is 9.69. The number of aliphatic hydroxyl groups is 1. The summed E-state index contributed by atoms with van der Waals surface area (Å²) in [6.45, 7) is 2.19. The fourth-order valence-electron chi connectivity index (χ4n) is 1.93. The smallest absolute Gasteiger partial charge is 0.123 e. The molecule has 1 atom stereocenters. The summed E-state index contributed by atoms with van der Waals surface area (Å²) in [5.41, 5.74) is 1.37. The molecule has 1 heterocycles. The zero-order chi connectivity index (χ0) is 13.1. The van der Waals surface area contributed by atoms with Crippen molar-refractivity contribution in [3.05, 3.63) is 53.7 Å². The third kappa shape index (κ3) is 2.71. The first-order valence-corrected chi connectivity index (χ1v) is 5.79. The molecule has 2 rings (SSSR count). The van der Waals surface area contributed by atoms with Crippen molar-refractivity contribution in [3.63, 3.8) is 0 Å². The van der Waals surface area contributed by atoms with Gasteiger partial charge >= 0.3 is 0 Å². The third-order valence-electron chi connectivity index (χ3n) is 2.82. The van der Waals surface area contributed by atoms with Crippen molar-refractivity contribution in [2.24, 2.45) is 0 Å². The Kier molecular flexibility index (Phi) is 3.67. The molecule has 1 unspecified atom stereocenters. The molecule has 3 nitrogen and oxygen atoms in total. The molecule has 4 heteroatoms. The summed E-state index contributed by atoms with van der Waals surface area (Å²) in [4.78, 5) is 1.92. The lowest BCUT2D eigenvalue weighted by Crippen LogP contribution is -2.18. The van der Waals surface area contributed by atoms with E-state index in [0.717, 1.165) is 11.4 Å². The minimum Gasteiger partial charge on any atom is -0.467 e. The molecule has 1 N–H and O–H groups in total. The molecular weight excluding hydrogens is 233 g/mol. The van der Waals surface area contributed by atoms with Crippen molar-refractivity contribution in [2.45, 2.75) is 19.6 Å². The summed E-state index contributed by atoms with van der Waals surface area (Å²) in [6.07, 6.45) is 0.901. The van der Waals surface area contributed by atoms with E-state index in [0.29, 0.717) is 12.1 Å². The van der Waals surface area contributed by atoms with Gasteiger partial charge in [-0.1, -0.05) is 0 Å². The maximum absolute atomic E-state index is 13.2. The van der Waals surface area contributed by atoms with E-state index in [1.807, 2.05) is 24.1 Å². The average Bonchev–Trinajstić information content (AvgIpc) is 2.81. The Morgan fingerprint density at radius 2 is 2.17 bits per heavy atom. The largest absolute Gasteiger partial charge is 0.467 e. The van der Waals surface area contributed by atoms with Crippen LogP contribution >= 0.6 is 0 Å². The van der Waals surface area contributed by atoms with Gasteiger partial charge in [-0.05, 0) is 37.3 Å². The van der Waals surface area contributed by atoms with E-state index in [9.17, 15) is 9.50 Å². The number of furan rings is 1. The number of hydrogen-bond acceptors (Lipinski definition) is 3. The van der Waals surface area contributed by atoms with E-state index in [1.165, 1.54) is 12.1 Å². The summed E-state index contributed by atoms with van der Waals surface area (Å²) < 4.78 is 18.5. The first kappa shape index (κ1) is 12.6. The second-order valence-electron chi connectivity index (χ2n) is 4.31. The van der Waals surface area contributed by atoms with Gasteiger partial charge in [-0.2, -0.15) is 0 Å². The van der Waals surface area contributed by atoms with Crippen molar-refractivity contribution < 1.29 is 13.9 Å². The van der Waals surface area contributed by atoms with E-state index in [2.05, 4.69) is 0 Å². The molecule has 0 aliphatic heterocycles. The van der Waals surface area contributed by atoms with Crippen LogP contribution in [0.3, 0.4) is 0 Å². The average molecular weight is 249 g/mol. The van der Waals surface area contributed by atoms with Crippen LogP contribution in [0, 0.1) is 5.82 Å². The molecule has 96 valence electrons. The fraction of sp³-hybridized carbons (Fsp3) is 0.286. The lowest BCUT2D eigenvalue weighted by Gasteiger charge is -2.22. The summed E-state index contributed by atoms with van der Waals surface area (Å²) in [5.74, 6) is 0.472. The van der Waals surface area contributed by atoms with Crippen molar-refractivity contribution in [1.82, 2.24) is 0 Å². The molecule has 0 bridgehead atoms. The number of anilines is 1. The van der Waals surface area contributed by atoms with Crippen molar-refractivity contribution in [1.29, 1.82) is 0 Å². The predicted octanol–water partition coefficient (Wildman–Crippen LogP) is 3.11. The first-order chi connectivity index (χ1) is 8.58. The third-order valence-corrected chi connectivity index (χ3v) is 2.82. The van der Waals surface area contributed by atoms with Crippen LogP contribution in [0.2, 0.25) is 0 Å². The molecule has 0 fully saturated rings. The number of hydrogen-bond donors (Lipinski definition) is 1. The van der Waals surface area contributed by atoms with Crippen LogP contribution in [-0.2, 0) is 6.54 Å². The highest BCUT2D eigenvalue weighted by Gasteiger charge is 2.13. The van der Waals surface area contributed by atoms with Crippen LogP contribution in [0.5, 0.6) is 0 Å². The number of halogens is 1. The van der Waals surface area contributed by atoms with Crippen LogP contribution in [0.15, 0.2) is 41.0 Å². The van der Waals surface area contributed by atoms with Gasteiger partial charge in [0.25, 0.3) is 0 Å². The molecule has 0 spiro atoms. The Hall–Kier alpha value is -1.81. The van der Waals surface area contributed by atoms with Gasteiger partial charge in [0.2, 0.25) is 0 Å². The maximum atomic E-state index is 13.2. The predicted molar refractivity (Wildman–Crippen MR) is 67.8 cm³/mol. The number of benzene rings is 1. The van der Waals surface area contributed by atoms with Crippen LogP contribution in [0.1, 0.15) is 24.4 Å². The Morgan fingerprint density at radius 3 is 2.78 bits per heavy atom. The van der Waals surface area contributed by atoms with Gasteiger partial charge < -0.3 is 14.4 Å². The highest BCUT2D eigenvalue weighted by Crippen LogP contribution is 2.27. The van der Waals surface area contributed by atoms with Crippen molar-refractivity contribution in [2.75, 3.05) is 11.9 Å². The van der Waals surface area contributed by atoms with Gasteiger partial charge in [-0.15, -0.1) is 0 Å². The Bertz CT molecular complexity index is 509. The summed E-state index contributed by atoms with van der Waals surface area (Å²) >= 11 is 0. The zero-order valence-electron chi connectivity index (χ0n) is 10.4. The van der Waals surface area contributed by atoms with Crippen LogP contribution in [0.25, 0.3) is 0 Å². The van der Waals surface area contributed by atoms with Gasteiger partial charge in [0.15, 0.2) is 0 Å². The monoisotopic (exact) mass is 249 g/mol. The SMILES string of the molecule is CC(O)c1cc(F)ccc1N(C)Cc1ccco1. The molecule has 0 aliphatic rings. The van der Waals surface area contributed by atoms with Gasteiger partial charge in [0.05, 0.1) is 18.9 Å². The number of nitrogens with zero attached hydrogens (tertiary/aromatic N) is 1. The molecule has 0 amide bonds. The van der Waals surface area contributed by atoms with Gasteiger partial charge in [0.1, 0.15) is 11.6 Å². The van der Waals surface area contributed by atoms with E-state index in [1.54, 1.807) is 19.3 Å². The lowest BCUT2D eigenvalue weighted by atomic mass is 10.1. The lowest BCUT2D eigenvalue weighted by molar-refractivity contribution is 0.199. The first-order valence-electron chi connectivity index (χ1n) is 5.79. The van der Waals surface area contributed by atoms with Gasteiger partial charge in [-0.25, -0.2) is 4.39 Å². The molecular formula is C14H16FNO2. The molecule has 0 aliphatic carbocycles. The molecule has 2 aromatic rings. The Balaban J connectivity index is 2.26. The molecule has 0 radical (unpaired) electrons. The molecule has 1 aromatic carbocycles. The quantitative estimate of drug-likeness (QED) is 0.904. The molecule has 0 saturated heterocycles. The van der Waals surface area contributed by atoms with Crippen LogP contribution in [0.4, 0.5) is 10.1 Å². The topological polar surface area (TPSA) is 36.6 Å². The standard InChI is InChI=1S/C14H16FNO2/c1-10(17)13-8-11(15)5-6-14(13)16(2)9-12-4-3-7-18-12/h3-8,10,17H,9H2,1-2H3. The second-order valence-corrected chi connectivity index (χ2v) is 4.31. The van der Waals surface area contributed by atoms with E-state index in [-0.39, 0.29) is 5.82 Å². The minimum absolute atomic E-state index is 0.346. The minimum atomic E-state index is -0.713. The van der Waals surface area contributed by atoms with Crippen molar-refractivity contribution >= 4 is 5.69 Å². The number of rotatable bonds is 4. The molecule has 1 aromatic heterocycles. The maximum Gasteiger partial charge on any atom is 0.123 e. The summed E-state index contributed by atoms with van der Waals surface area (Å²) in [7, 11) is 1.88. The van der Waals surface area contributed by atoms with Gasteiger partial charge in [-0.3, -0.25) is 0 Å². The van der Waals surface area contributed by atoms with Gasteiger partial charge in [0, 0.05) is 18.3 Å². The highest BCUT2D eigenvalue weighted by atomic mass is 19.1. The fourth-order valence-corrected chi connectivity index (χ4v) is 1.93. The van der Waals surface area contributed by atoms with E-state index in [4.69, 9.17) is 4.42 Å². The Morgan fingerprint density at radius 1 is 1.39 bits per heavy atom. The normalized spacial score (nSPS) is 12.4. The molecule has 0 saturated carbocycles. The van der Waals surface area contributed by atoms with E-state index < -0.39 is 6.10 Å². The number of aliphatic hydroxyl groups excluding tert-OH is 1. The second kappa shape index (κ2) is 5.23. The van der Waals surface area contributed by atoms with Crippen molar-refractivity contribution in [3.8, 4) is 0 Å². The highest BCUT2D eigenvalue weighted by molar-refractivity contribution is 5.54. The van der Waals surface area contributed by atoms with E-state index >= 15 is 0 Å². The van der Waals surface area contributed by atoms with Crippen LogP contribution < -0.4 is 4.90 Å². The zero-order valence-corrected chi connectivity index (χ0v) is 10.4. The Labute approximate surface area is 105 Å².